The Hall–Kier alpha value is -3.05. The van der Waals surface area contributed by atoms with Crippen LogP contribution in [0, 0.1) is 23.0 Å². The molecule has 128 valence electrons. The Balaban J connectivity index is 1.72. The minimum atomic E-state index is -0.604. The van der Waals surface area contributed by atoms with Crippen molar-refractivity contribution in [1.82, 2.24) is 19.5 Å². The van der Waals surface area contributed by atoms with Gasteiger partial charge in [0.05, 0.1) is 5.69 Å². The molecule has 1 aromatic carbocycles. The van der Waals surface area contributed by atoms with Gasteiger partial charge in [0.15, 0.2) is 5.65 Å². The van der Waals surface area contributed by atoms with Crippen molar-refractivity contribution < 1.29 is 8.78 Å². The Kier molecular flexibility index (Phi) is 4.59. The van der Waals surface area contributed by atoms with E-state index in [1.807, 2.05) is 18.0 Å². The average Bonchev–Trinajstić information content (AvgIpc) is 2.97. The lowest BCUT2D eigenvalue weighted by molar-refractivity contribution is 0.325. The molecule has 8 heteroatoms. The molecule has 0 saturated carbocycles. The Labute approximate surface area is 141 Å². The molecule has 2 heterocycles. The van der Waals surface area contributed by atoms with E-state index in [-0.39, 0.29) is 16.8 Å². The van der Waals surface area contributed by atoms with Crippen LogP contribution in [0.5, 0.6) is 0 Å². The summed E-state index contributed by atoms with van der Waals surface area (Å²) in [6, 6.07) is 6.88. The lowest BCUT2D eigenvalue weighted by Crippen LogP contribution is -2.24. The largest absolute Gasteiger partial charge is 0.300 e. The molecule has 0 unspecified atom stereocenters. The number of nitriles is 1. The highest BCUT2D eigenvalue weighted by Crippen LogP contribution is 2.11. The Morgan fingerprint density at radius 2 is 2.16 bits per heavy atom. The third-order valence-electron chi connectivity index (χ3n) is 3.88. The predicted molar refractivity (Wildman–Crippen MR) is 86.9 cm³/mol. The van der Waals surface area contributed by atoms with Gasteiger partial charge in [0.2, 0.25) is 0 Å². The van der Waals surface area contributed by atoms with E-state index >= 15 is 0 Å². The zero-order chi connectivity index (χ0) is 18.0. The van der Waals surface area contributed by atoms with Crippen molar-refractivity contribution in [2.75, 3.05) is 13.6 Å². The summed E-state index contributed by atoms with van der Waals surface area (Å²) in [7, 11) is 1.81. The van der Waals surface area contributed by atoms with Gasteiger partial charge in [0.25, 0.3) is 5.56 Å². The Morgan fingerprint density at radius 1 is 1.36 bits per heavy atom. The van der Waals surface area contributed by atoms with E-state index < -0.39 is 11.6 Å². The number of likely N-dealkylation sites (N-methyl/N-ethyl adjacent to an activating group) is 1. The van der Waals surface area contributed by atoms with Crippen LogP contribution in [0.2, 0.25) is 0 Å². The van der Waals surface area contributed by atoms with Crippen LogP contribution >= 0.6 is 0 Å². The standard InChI is InChI=1S/C17H15F2N5O/c1-23(5-4-11-2-3-13(18)6-15(11)19)10-14-7-16(25)24-17(22-14)12(8-20)9-21-24/h2-3,6-7,9,21H,4-5,10H2,1H3. The van der Waals surface area contributed by atoms with Gasteiger partial charge in [-0.25, -0.2) is 18.3 Å². The highest BCUT2D eigenvalue weighted by Gasteiger charge is 2.11. The summed E-state index contributed by atoms with van der Waals surface area (Å²) in [5.41, 5.74) is 1.20. The van der Waals surface area contributed by atoms with Crippen LogP contribution in [0.1, 0.15) is 16.8 Å². The molecule has 0 saturated heterocycles. The van der Waals surface area contributed by atoms with Crippen molar-refractivity contribution in [3.05, 3.63) is 69.3 Å². The number of benzene rings is 1. The molecule has 0 aliphatic rings. The predicted octanol–water partition coefficient (Wildman–Crippen LogP) is 1.85. The molecule has 2 aromatic heterocycles. The fraction of sp³-hybridized carbons (Fsp3) is 0.235. The molecular formula is C17H15F2N5O. The summed E-state index contributed by atoms with van der Waals surface area (Å²) in [6.07, 6.45) is 1.83. The van der Waals surface area contributed by atoms with Gasteiger partial charge in [-0.05, 0) is 25.1 Å². The van der Waals surface area contributed by atoms with E-state index in [1.165, 1.54) is 28.9 Å². The molecule has 3 rings (SSSR count). The molecule has 1 N–H and O–H groups in total. The topological polar surface area (TPSA) is 77.2 Å². The van der Waals surface area contributed by atoms with Crippen molar-refractivity contribution in [2.24, 2.45) is 0 Å². The summed E-state index contributed by atoms with van der Waals surface area (Å²) in [4.78, 5) is 18.3. The number of hydrogen-bond acceptors (Lipinski definition) is 4. The van der Waals surface area contributed by atoms with Crippen molar-refractivity contribution in [2.45, 2.75) is 13.0 Å². The summed E-state index contributed by atoms with van der Waals surface area (Å²) < 4.78 is 27.8. The minimum Gasteiger partial charge on any atom is -0.300 e. The van der Waals surface area contributed by atoms with Gasteiger partial charge in [-0.2, -0.15) is 5.26 Å². The number of rotatable bonds is 5. The van der Waals surface area contributed by atoms with Gasteiger partial charge in [0.1, 0.15) is 23.3 Å². The maximum absolute atomic E-state index is 13.7. The number of nitrogens with one attached hydrogen (secondary N) is 1. The molecular weight excluding hydrogens is 328 g/mol. The molecule has 3 aromatic rings. The molecule has 0 atom stereocenters. The number of aromatic nitrogens is 3. The molecule has 0 amide bonds. The van der Waals surface area contributed by atoms with Gasteiger partial charge in [-0.3, -0.25) is 9.89 Å². The highest BCUT2D eigenvalue weighted by atomic mass is 19.1. The minimum absolute atomic E-state index is 0.281. The second-order valence-corrected chi connectivity index (χ2v) is 5.77. The van der Waals surface area contributed by atoms with Crippen LogP contribution in [-0.4, -0.2) is 33.1 Å². The van der Waals surface area contributed by atoms with Crippen LogP contribution in [0.25, 0.3) is 5.65 Å². The zero-order valence-electron chi connectivity index (χ0n) is 13.5. The van der Waals surface area contributed by atoms with Gasteiger partial charge in [-0.15, -0.1) is 0 Å². The molecule has 0 spiro atoms. The van der Waals surface area contributed by atoms with Gasteiger partial charge in [-0.1, -0.05) is 6.07 Å². The van der Waals surface area contributed by atoms with Crippen LogP contribution in [-0.2, 0) is 13.0 Å². The van der Waals surface area contributed by atoms with Crippen molar-refractivity contribution in [3.63, 3.8) is 0 Å². The molecule has 0 radical (unpaired) electrons. The molecule has 25 heavy (non-hydrogen) atoms. The van der Waals surface area contributed by atoms with Gasteiger partial charge < -0.3 is 4.90 Å². The maximum atomic E-state index is 13.7. The first-order valence-electron chi connectivity index (χ1n) is 7.60. The average molecular weight is 343 g/mol. The number of halogens is 2. The zero-order valence-corrected chi connectivity index (χ0v) is 13.5. The van der Waals surface area contributed by atoms with Crippen LogP contribution in [0.15, 0.2) is 35.3 Å². The number of fused-ring (bicyclic) bond motifs is 1. The normalized spacial score (nSPS) is 11.2. The summed E-state index contributed by atoms with van der Waals surface area (Å²) >= 11 is 0. The number of H-pyrrole nitrogens is 1. The second-order valence-electron chi connectivity index (χ2n) is 5.77. The Bertz CT molecular complexity index is 1020. The molecule has 0 bridgehead atoms. The number of hydrogen-bond donors (Lipinski definition) is 1. The second kappa shape index (κ2) is 6.83. The first-order chi connectivity index (χ1) is 12.0. The summed E-state index contributed by atoms with van der Waals surface area (Å²) in [5.74, 6) is -1.18. The molecule has 0 aliphatic carbocycles. The fourth-order valence-electron chi connectivity index (χ4n) is 2.58. The smallest absolute Gasteiger partial charge is 0.272 e. The number of aromatic amines is 1. The third kappa shape index (κ3) is 3.56. The van der Waals surface area contributed by atoms with Crippen LogP contribution in [0.3, 0.4) is 0 Å². The van der Waals surface area contributed by atoms with Gasteiger partial charge >= 0.3 is 0 Å². The Morgan fingerprint density at radius 3 is 2.88 bits per heavy atom. The van der Waals surface area contributed by atoms with E-state index in [0.29, 0.717) is 30.8 Å². The summed E-state index contributed by atoms with van der Waals surface area (Å²) in [5, 5.41) is 11.7. The summed E-state index contributed by atoms with van der Waals surface area (Å²) in [6.45, 7) is 0.868. The lowest BCUT2D eigenvalue weighted by atomic mass is 10.1. The van der Waals surface area contributed by atoms with E-state index in [1.54, 1.807) is 0 Å². The van der Waals surface area contributed by atoms with Crippen molar-refractivity contribution >= 4 is 5.65 Å². The third-order valence-corrected chi connectivity index (χ3v) is 3.88. The lowest BCUT2D eigenvalue weighted by Gasteiger charge is -2.16. The van der Waals surface area contributed by atoms with Crippen molar-refractivity contribution in [3.8, 4) is 6.07 Å². The quantitative estimate of drug-likeness (QED) is 0.767. The van der Waals surface area contributed by atoms with E-state index in [0.717, 1.165) is 6.07 Å². The SMILES string of the molecule is CN(CCc1ccc(F)cc1F)Cc1cc(=O)n2[nH]cc(C#N)c2n1. The van der Waals surface area contributed by atoms with Crippen LogP contribution < -0.4 is 5.56 Å². The fourth-order valence-corrected chi connectivity index (χ4v) is 2.58. The molecule has 0 aliphatic heterocycles. The van der Waals surface area contributed by atoms with E-state index in [4.69, 9.17) is 5.26 Å². The van der Waals surface area contributed by atoms with Gasteiger partial charge in [0, 0.05) is 31.4 Å². The first-order valence-corrected chi connectivity index (χ1v) is 7.60. The van der Waals surface area contributed by atoms with E-state index in [9.17, 15) is 13.6 Å². The van der Waals surface area contributed by atoms with Crippen molar-refractivity contribution in [1.29, 1.82) is 5.26 Å². The number of nitrogens with zero attached hydrogens (tertiary/aromatic N) is 4. The molecule has 0 fully saturated rings. The monoisotopic (exact) mass is 343 g/mol. The van der Waals surface area contributed by atoms with E-state index in [2.05, 4.69) is 10.1 Å². The highest BCUT2D eigenvalue weighted by molar-refractivity contribution is 5.53. The maximum Gasteiger partial charge on any atom is 0.272 e. The first kappa shape index (κ1) is 16.8. The van der Waals surface area contributed by atoms with Crippen LogP contribution in [0.4, 0.5) is 8.78 Å². The molecule has 6 nitrogen and oxygen atoms in total.